The Morgan fingerprint density at radius 1 is 1.35 bits per heavy atom. The maximum atomic E-state index is 12.2. The van der Waals surface area contributed by atoms with Crippen molar-refractivity contribution in [1.29, 1.82) is 0 Å². The van der Waals surface area contributed by atoms with Crippen LogP contribution in [0.4, 0.5) is 5.13 Å². The number of carbonyl (C=O) groups excluding carboxylic acids is 1. The van der Waals surface area contributed by atoms with Crippen molar-refractivity contribution in [1.82, 2.24) is 10.2 Å². The Balaban J connectivity index is 2.00. The highest BCUT2D eigenvalue weighted by Gasteiger charge is 2.36. The van der Waals surface area contributed by atoms with Crippen LogP contribution in [-0.4, -0.2) is 32.9 Å². The van der Waals surface area contributed by atoms with E-state index < -0.39 is 17.8 Å². The molecule has 0 radical (unpaired) electrons. The summed E-state index contributed by atoms with van der Waals surface area (Å²) in [4.78, 5) is 23.4. The molecule has 20 heavy (non-hydrogen) atoms. The Morgan fingerprint density at radius 3 is 2.70 bits per heavy atom. The van der Waals surface area contributed by atoms with Gasteiger partial charge in [-0.3, -0.25) is 9.59 Å². The molecule has 1 saturated carbocycles. The summed E-state index contributed by atoms with van der Waals surface area (Å²) < 4.78 is 0.807. The van der Waals surface area contributed by atoms with Gasteiger partial charge in [0.2, 0.25) is 11.0 Å². The molecule has 0 aliphatic heterocycles. The zero-order valence-electron chi connectivity index (χ0n) is 11.2. The van der Waals surface area contributed by atoms with Crippen molar-refractivity contribution in [2.45, 2.75) is 36.9 Å². The van der Waals surface area contributed by atoms with Crippen molar-refractivity contribution in [3.8, 4) is 0 Å². The molecule has 1 amide bonds. The van der Waals surface area contributed by atoms with Gasteiger partial charge in [-0.25, -0.2) is 0 Å². The van der Waals surface area contributed by atoms with Gasteiger partial charge >= 0.3 is 5.97 Å². The minimum Gasteiger partial charge on any atom is -0.481 e. The summed E-state index contributed by atoms with van der Waals surface area (Å²) in [6.45, 7) is 2.02. The van der Waals surface area contributed by atoms with Gasteiger partial charge in [-0.2, -0.15) is 0 Å². The lowest BCUT2D eigenvalue weighted by Crippen LogP contribution is -2.36. The number of carbonyl (C=O) groups is 2. The minimum atomic E-state index is -0.885. The van der Waals surface area contributed by atoms with Crippen LogP contribution in [0.2, 0.25) is 0 Å². The molecule has 2 rings (SSSR count). The second-order valence-electron chi connectivity index (χ2n) is 4.63. The van der Waals surface area contributed by atoms with Gasteiger partial charge in [0.05, 0.1) is 11.8 Å². The van der Waals surface area contributed by atoms with Gasteiger partial charge in [0, 0.05) is 0 Å². The average Bonchev–Trinajstić information content (AvgIpc) is 2.86. The molecule has 1 fully saturated rings. The van der Waals surface area contributed by atoms with Crippen molar-refractivity contribution >= 4 is 40.1 Å². The highest BCUT2D eigenvalue weighted by molar-refractivity contribution is 8.01. The fourth-order valence-electron chi connectivity index (χ4n) is 2.38. The van der Waals surface area contributed by atoms with Crippen molar-refractivity contribution in [2.24, 2.45) is 11.8 Å². The molecule has 1 aliphatic carbocycles. The molecule has 1 aliphatic rings. The van der Waals surface area contributed by atoms with Gasteiger partial charge in [0.25, 0.3) is 0 Å². The molecule has 2 atom stereocenters. The molecule has 0 aromatic carbocycles. The standard InChI is InChI=1S/C12H17N3O3S2/c1-2-19-12-15-14-11(20-12)13-9(16)7-5-3-4-6-8(7)10(17)18/h7-8H,2-6H2,1H3,(H,17,18)(H,13,14,16)/t7-,8-/m1/s1. The molecule has 1 aromatic heterocycles. The van der Waals surface area contributed by atoms with E-state index in [0.717, 1.165) is 22.9 Å². The number of carboxylic acid groups (broad SMARTS) is 1. The van der Waals surface area contributed by atoms with E-state index >= 15 is 0 Å². The topological polar surface area (TPSA) is 92.2 Å². The van der Waals surface area contributed by atoms with E-state index in [-0.39, 0.29) is 5.91 Å². The van der Waals surface area contributed by atoms with Crippen LogP contribution in [0, 0.1) is 11.8 Å². The summed E-state index contributed by atoms with van der Waals surface area (Å²) in [7, 11) is 0. The first kappa shape index (κ1) is 15.2. The number of anilines is 1. The molecular formula is C12H17N3O3S2. The van der Waals surface area contributed by atoms with Gasteiger partial charge < -0.3 is 10.4 Å². The monoisotopic (exact) mass is 315 g/mol. The van der Waals surface area contributed by atoms with Crippen LogP contribution in [0.25, 0.3) is 0 Å². The molecular weight excluding hydrogens is 298 g/mol. The number of aromatic nitrogens is 2. The number of thioether (sulfide) groups is 1. The van der Waals surface area contributed by atoms with E-state index in [9.17, 15) is 14.7 Å². The van der Waals surface area contributed by atoms with Gasteiger partial charge in [0.1, 0.15) is 0 Å². The van der Waals surface area contributed by atoms with Gasteiger partial charge in [-0.15, -0.1) is 10.2 Å². The van der Waals surface area contributed by atoms with E-state index in [1.807, 2.05) is 6.92 Å². The van der Waals surface area contributed by atoms with Gasteiger partial charge in [-0.1, -0.05) is 42.9 Å². The number of hydrogen-bond acceptors (Lipinski definition) is 6. The summed E-state index contributed by atoms with van der Waals surface area (Å²) in [5.74, 6) is -1.29. The lowest BCUT2D eigenvalue weighted by molar-refractivity contribution is -0.147. The summed E-state index contributed by atoms with van der Waals surface area (Å²) in [6, 6.07) is 0. The number of nitrogens with zero attached hydrogens (tertiary/aromatic N) is 2. The largest absolute Gasteiger partial charge is 0.481 e. The highest BCUT2D eigenvalue weighted by atomic mass is 32.2. The predicted molar refractivity (Wildman–Crippen MR) is 78.0 cm³/mol. The molecule has 0 saturated heterocycles. The Kier molecular flexibility index (Phi) is 5.36. The predicted octanol–water partition coefficient (Wildman–Crippen LogP) is 2.48. The number of amides is 1. The van der Waals surface area contributed by atoms with E-state index in [1.165, 1.54) is 11.3 Å². The fraction of sp³-hybridized carbons (Fsp3) is 0.667. The summed E-state index contributed by atoms with van der Waals surface area (Å²) in [5, 5.41) is 20.2. The van der Waals surface area contributed by atoms with Crippen molar-refractivity contribution < 1.29 is 14.7 Å². The van der Waals surface area contributed by atoms with E-state index in [4.69, 9.17) is 0 Å². The third-order valence-corrected chi connectivity index (χ3v) is 5.18. The van der Waals surface area contributed by atoms with E-state index in [2.05, 4.69) is 15.5 Å². The van der Waals surface area contributed by atoms with Crippen LogP contribution in [0.1, 0.15) is 32.6 Å². The fourth-order valence-corrected chi connectivity index (χ4v) is 4.03. The van der Waals surface area contributed by atoms with Crippen LogP contribution in [0.3, 0.4) is 0 Å². The van der Waals surface area contributed by atoms with Crippen LogP contribution in [0.15, 0.2) is 4.34 Å². The smallest absolute Gasteiger partial charge is 0.307 e. The third-order valence-electron chi connectivity index (χ3n) is 3.32. The second kappa shape index (κ2) is 7.03. The average molecular weight is 315 g/mol. The highest BCUT2D eigenvalue weighted by Crippen LogP contribution is 2.32. The third kappa shape index (κ3) is 3.69. The number of carboxylic acids is 1. The number of rotatable bonds is 5. The van der Waals surface area contributed by atoms with Crippen molar-refractivity contribution in [3.05, 3.63) is 0 Å². The van der Waals surface area contributed by atoms with E-state index in [1.54, 1.807) is 11.8 Å². The first-order valence-corrected chi connectivity index (χ1v) is 8.42. The summed E-state index contributed by atoms with van der Waals surface area (Å²) in [5.41, 5.74) is 0. The number of nitrogens with one attached hydrogen (secondary N) is 1. The van der Waals surface area contributed by atoms with Crippen molar-refractivity contribution in [3.63, 3.8) is 0 Å². The molecule has 0 unspecified atom stereocenters. The molecule has 8 heteroatoms. The van der Waals surface area contributed by atoms with Crippen LogP contribution in [-0.2, 0) is 9.59 Å². The normalized spacial score (nSPS) is 22.4. The molecule has 1 aromatic rings. The molecule has 0 bridgehead atoms. The molecule has 0 spiro atoms. The Bertz CT molecular complexity index is 492. The molecule has 2 N–H and O–H groups in total. The summed E-state index contributed by atoms with van der Waals surface area (Å²) >= 11 is 2.88. The minimum absolute atomic E-state index is 0.249. The van der Waals surface area contributed by atoms with E-state index in [0.29, 0.717) is 18.0 Å². The van der Waals surface area contributed by atoms with Gasteiger partial charge in [0.15, 0.2) is 4.34 Å². The maximum Gasteiger partial charge on any atom is 0.307 e. The van der Waals surface area contributed by atoms with Gasteiger partial charge in [-0.05, 0) is 18.6 Å². The van der Waals surface area contributed by atoms with Crippen LogP contribution in [0.5, 0.6) is 0 Å². The molecule has 1 heterocycles. The Hall–Kier alpha value is -1.15. The number of aliphatic carboxylic acids is 1. The first-order valence-electron chi connectivity index (χ1n) is 6.61. The quantitative estimate of drug-likeness (QED) is 0.640. The lowest BCUT2D eigenvalue weighted by Gasteiger charge is -2.26. The van der Waals surface area contributed by atoms with Crippen LogP contribution >= 0.6 is 23.1 Å². The molecule has 110 valence electrons. The zero-order chi connectivity index (χ0) is 14.5. The Labute approximate surface area is 125 Å². The molecule has 6 nitrogen and oxygen atoms in total. The maximum absolute atomic E-state index is 12.2. The number of hydrogen-bond donors (Lipinski definition) is 2. The Morgan fingerprint density at radius 2 is 2.05 bits per heavy atom. The van der Waals surface area contributed by atoms with Crippen molar-refractivity contribution in [2.75, 3.05) is 11.1 Å². The SMILES string of the molecule is CCSc1nnc(NC(=O)[C@@H]2CCCC[C@H]2C(=O)O)s1. The summed E-state index contributed by atoms with van der Waals surface area (Å²) in [6.07, 6.45) is 2.96. The lowest BCUT2D eigenvalue weighted by atomic mass is 9.79. The first-order chi connectivity index (χ1) is 9.61. The zero-order valence-corrected chi connectivity index (χ0v) is 12.8. The van der Waals surface area contributed by atoms with Crippen LogP contribution < -0.4 is 5.32 Å². The second-order valence-corrected chi connectivity index (χ2v) is 7.12.